The first-order valence-electron chi connectivity index (χ1n) is 6.85. The monoisotopic (exact) mass is 390 g/mol. The molecular weight excluding hydrogens is 372 g/mol. The highest BCUT2D eigenvalue weighted by Gasteiger charge is 2.44. The molecule has 0 spiro atoms. The molecule has 2 fully saturated rings. The van der Waals surface area contributed by atoms with Gasteiger partial charge in [0.05, 0.1) is 24.4 Å². The fraction of sp³-hybridized carbons (Fsp3) is 0.667. The quantitative estimate of drug-likeness (QED) is 0.390. The van der Waals surface area contributed by atoms with Crippen LogP contribution in [0.4, 0.5) is 0 Å². The molecule has 2 rings (SSSR count). The maximum atomic E-state index is 6.11. The molecule has 2 nitrogen and oxygen atoms in total. The molecule has 0 aromatic heterocycles. The van der Waals surface area contributed by atoms with Crippen LogP contribution in [-0.4, -0.2) is 29.2 Å². The van der Waals surface area contributed by atoms with E-state index in [9.17, 15) is 0 Å². The third kappa shape index (κ3) is 4.30. The number of hydrogen-bond donors (Lipinski definition) is 0. The summed E-state index contributed by atoms with van der Waals surface area (Å²) in [6, 6.07) is 0. The van der Waals surface area contributed by atoms with Crippen LogP contribution in [0, 0.1) is 0 Å². The van der Waals surface area contributed by atoms with Crippen LogP contribution in [0.5, 0.6) is 0 Å². The van der Waals surface area contributed by atoms with Gasteiger partial charge in [-0.1, -0.05) is 50.9 Å². The van der Waals surface area contributed by atoms with Gasteiger partial charge in [0.25, 0.3) is 0 Å². The van der Waals surface area contributed by atoms with E-state index in [-0.39, 0.29) is 24.4 Å². The van der Waals surface area contributed by atoms with E-state index in [0.717, 1.165) is 25.7 Å². The Balaban J connectivity index is 1.80. The SMILES string of the molecule is CC/C=C/C[C@H](Br)[C@@H]1C[C@@H]2O[C@@H](C=C=CBr)C[C@@H]2O1. The summed E-state index contributed by atoms with van der Waals surface area (Å²) >= 11 is 6.95. The van der Waals surface area contributed by atoms with Crippen LogP contribution in [0.3, 0.4) is 0 Å². The van der Waals surface area contributed by atoms with Crippen molar-refractivity contribution in [3.05, 3.63) is 28.9 Å². The van der Waals surface area contributed by atoms with Crippen LogP contribution in [0.1, 0.15) is 32.6 Å². The summed E-state index contributed by atoms with van der Waals surface area (Å²) in [5, 5.41) is 0. The summed E-state index contributed by atoms with van der Waals surface area (Å²) in [6.45, 7) is 2.15. The Labute approximate surface area is 132 Å². The number of fused-ring (bicyclic) bond motifs is 1. The molecule has 2 saturated heterocycles. The van der Waals surface area contributed by atoms with Crippen LogP contribution in [0.25, 0.3) is 0 Å². The van der Waals surface area contributed by atoms with Crippen molar-refractivity contribution in [3.63, 3.8) is 0 Å². The Kier molecular flexibility index (Phi) is 6.37. The van der Waals surface area contributed by atoms with E-state index in [1.54, 1.807) is 4.99 Å². The molecule has 19 heavy (non-hydrogen) atoms. The van der Waals surface area contributed by atoms with Crippen LogP contribution in [-0.2, 0) is 9.47 Å². The zero-order valence-corrected chi connectivity index (χ0v) is 14.3. The third-order valence-electron chi connectivity index (χ3n) is 3.56. The smallest absolute Gasteiger partial charge is 0.0871 e. The molecule has 4 heteroatoms. The number of allylic oxidation sites excluding steroid dienone is 2. The minimum Gasteiger partial charge on any atom is -0.371 e. The molecule has 0 saturated carbocycles. The second-order valence-electron chi connectivity index (χ2n) is 4.97. The highest BCUT2D eigenvalue weighted by atomic mass is 79.9. The van der Waals surface area contributed by atoms with Crippen molar-refractivity contribution >= 4 is 31.9 Å². The van der Waals surface area contributed by atoms with E-state index in [1.165, 1.54) is 0 Å². The van der Waals surface area contributed by atoms with Gasteiger partial charge in [0, 0.05) is 22.7 Å². The van der Waals surface area contributed by atoms with Crippen LogP contribution in [0.15, 0.2) is 28.9 Å². The Morgan fingerprint density at radius 3 is 2.74 bits per heavy atom. The summed E-state index contributed by atoms with van der Waals surface area (Å²) in [6.07, 6.45) is 11.4. The van der Waals surface area contributed by atoms with Gasteiger partial charge in [-0.05, 0) is 18.9 Å². The van der Waals surface area contributed by atoms with Gasteiger partial charge in [-0.2, -0.15) is 0 Å². The fourth-order valence-corrected chi connectivity index (χ4v) is 3.35. The third-order valence-corrected chi connectivity index (χ3v) is 4.78. The van der Waals surface area contributed by atoms with Crippen molar-refractivity contribution < 1.29 is 9.47 Å². The average molecular weight is 392 g/mol. The van der Waals surface area contributed by atoms with E-state index < -0.39 is 0 Å². The lowest BCUT2D eigenvalue weighted by molar-refractivity contribution is 0.0378. The molecule has 0 bridgehead atoms. The normalized spacial score (nSPS) is 35.1. The summed E-state index contributed by atoms with van der Waals surface area (Å²) in [5.41, 5.74) is 3.02. The van der Waals surface area contributed by atoms with E-state index in [4.69, 9.17) is 9.47 Å². The van der Waals surface area contributed by atoms with Gasteiger partial charge >= 0.3 is 0 Å². The first-order chi connectivity index (χ1) is 9.24. The van der Waals surface area contributed by atoms with Gasteiger partial charge in [-0.15, -0.1) is 5.73 Å². The summed E-state index contributed by atoms with van der Waals surface area (Å²) in [7, 11) is 0. The molecule has 0 aromatic rings. The number of hydrogen-bond acceptors (Lipinski definition) is 2. The topological polar surface area (TPSA) is 18.5 Å². The number of ether oxygens (including phenoxy) is 2. The molecule has 0 aromatic carbocycles. The highest BCUT2D eigenvalue weighted by Crippen LogP contribution is 2.37. The number of rotatable bonds is 5. The molecule has 2 aliphatic rings. The summed E-state index contributed by atoms with van der Waals surface area (Å²) in [4.78, 5) is 2.11. The number of halogens is 2. The van der Waals surface area contributed by atoms with E-state index in [0.29, 0.717) is 4.83 Å². The Bertz CT molecular complexity index is 360. The highest BCUT2D eigenvalue weighted by molar-refractivity contribution is 9.11. The molecule has 2 aliphatic heterocycles. The molecule has 0 unspecified atom stereocenters. The lowest BCUT2D eigenvalue weighted by Gasteiger charge is -2.18. The van der Waals surface area contributed by atoms with E-state index >= 15 is 0 Å². The van der Waals surface area contributed by atoms with E-state index in [1.807, 2.05) is 6.08 Å². The molecule has 0 aliphatic carbocycles. The van der Waals surface area contributed by atoms with Gasteiger partial charge in [0.15, 0.2) is 0 Å². The molecule has 0 N–H and O–H groups in total. The van der Waals surface area contributed by atoms with Crippen molar-refractivity contribution in [1.29, 1.82) is 0 Å². The van der Waals surface area contributed by atoms with Gasteiger partial charge in [0.1, 0.15) is 0 Å². The van der Waals surface area contributed by atoms with Crippen molar-refractivity contribution in [2.45, 2.75) is 61.9 Å². The van der Waals surface area contributed by atoms with E-state index in [2.05, 4.69) is 56.7 Å². The van der Waals surface area contributed by atoms with Crippen molar-refractivity contribution in [3.8, 4) is 0 Å². The van der Waals surface area contributed by atoms with Gasteiger partial charge in [-0.25, -0.2) is 0 Å². The molecule has 0 amide bonds. The first-order valence-corrected chi connectivity index (χ1v) is 8.69. The average Bonchev–Trinajstić information content (AvgIpc) is 2.94. The van der Waals surface area contributed by atoms with Gasteiger partial charge < -0.3 is 9.47 Å². The van der Waals surface area contributed by atoms with Gasteiger partial charge in [-0.3, -0.25) is 0 Å². The molecule has 2 heterocycles. The standard InChI is InChI=1S/C15H20Br2O2/c1-2-3-4-7-12(17)13-10-15-14(19-13)9-11(18-15)6-5-8-16/h3-4,6,8,11-15H,2,7,9-10H2,1H3/b4-3+/t5?,11-,12-,13-,14-,15-/m0/s1. The molecule has 106 valence electrons. The maximum absolute atomic E-state index is 6.11. The fourth-order valence-electron chi connectivity index (χ4n) is 2.64. The van der Waals surface area contributed by atoms with Crippen molar-refractivity contribution in [2.24, 2.45) is 0 Å². The van der Waals surface area contributed by atoms with Gasteiger partial charge in [0.2, 0.25) is 0 Å². The number of alkyl halides is 1. The minimum atomic E-state index is 0.151. The van der Waals surface area contributed by atoms with Crippen molar-refractivity contribution in [2.75, 3.05) is 0 Å². The lowest BCUT2D eigenvalue weighted by Crippen LogP contribution is -2.22. The zero-order chi connectivity index (χ0) is 13.7. The maximum Gasteiger partial charge on any atom is 0.0871 e. The molecule has 0 radical (unpaired) electrons. The summed E-state index contributed by atoms with van der Waals surface area (Å²) < 4.78 is 12.1. The predicted octanol–water partition coefficient (Wildman–Crippen LogP) is 4.48. The first kappa shape index (κ1) is 15.5. The second-order valence-corrected chi connectivity index (χ2v) is 6.61. The zero-order valence-electron chi connectivity index (χ0n) is 11.1. The van der Waals surface area contributed by atoms with Crippen LogP contribution < -0.4 is 0 Å². The Morgan fingerprint density at radius 2 is 2.05 bits per heavy atom. The second kappa shape index (κ2) is 7.80. The predicted molar refractivity (Wildman–Crippen MR) is 84.9 cm³/mol. The van der Waals surface area contributed by atoms with Crippen LogP contribution in [0.2, 0.25) is 0 Å². The minimum absolute atomic E-state index is 0.151. The van der Waals surface area contributed by atoms with Crippen LogP contribution >= 0.6 is 31.9 Å². The Morgan fingerprint density at radius 1 is 1.26 bits per heavy atom. The largest absolute Gasteiger partial charge is 0.371 e. The summed E-state index contributed by atoms with van der Waals surface area (Å²) in [5.74, 6) is 0. The molecule has 5 atom stereocenters. The Hall–Kier alpha value is 0.140. The lowest BCUT2D eigenvalue weighted by atomic mass is 10.1. The van der Waals surface area contributed by atoms with Crippen molar-refractivity contribution in [1.82, 2.24) is 0 Å². The molecular formula is C15H20Br2O2.